The van der Waals surface area contributed by atoms with E-state index in [4.69, 9.17) is 9.47 Å². The molecule has 0 bridgehead atoms. The SMILES string of the molecule is CC(C)(C)OC(=O)N(C(=O)OC(C)(C)C)C1CC2CC2C1=O. The average Bonchev–Trinajstić information content (AvgIpc) is 2.95. The molecule has 2 rings (SSSR count). The van der Waals surface area contributed by atoms with E-state index >= 15 is 0 Å². The first-order valence-electron chi connectivity index (χ1n) is 7.68. The van der Waals surface area contributed by atoms with Crippen molar-refractivity contribution < 1.29 is 23.9 Å². The molecule has 0 aromatic carbocycles. The maximum atomic E-state index is 12.4. The Morgan fingerprint density at radius 3 is 1.73 bits per heavy atom. The van der Waals surface area contributed by atoms with E-state index < -0.39 is 29.4 Å². The summed E-state index contributed by atoms with van der Waals surface area (Å²) in [6, 6.07) is -0.756. The molecule has 0 N–H and O–H groups in total. The number of imide groups is 1. The van der Waals surface area contributed by atoms with Gasteiger partial charge in [0.1, 0.15) is 17.2 Å². The topological polar surface area (TPSA) is 72.9 Å². The van der Waals surface area contributed by atoms with Gasteiger partial charge in [-0.2, -0.15) is 0 Å². The van der Waals surface area contributed by atoms with E-state index in [1.165, 1.54) is 0 Å². The van der Waals surface area contributed by atoms with Crippen molar-refractivity contribution in [1.29, 1.82) is 0 Å². The summed E-state index contributed by atoms with van der Waals surface area (Å²) in [5, 5.41) is 0. The number of amides is 2. The molecule has 2 saturated carbocycles. The lowest BCUT2D eigenvalue weighted by molar-refractivity contribution is -0.123. The van der Waals surface area contributed by atoms with Gasteiger partial charge in [-0.3, -0.25) is 4.79 Å². The zero-order valence-corrected chi connectivity index (χ0v) is 14.1. The fourth-order valence-electron chi connectivity index (χ4n) is 2.69. The van der Waals surface area contributed by atoms with E-state index in [0.717, 1.165) is 11.3 Å². The summed E-state index contributed by atoms with van der Waals surface area (Å²) in [5.41, 5.74) is -1.50. The number of fused-ring (bicyclic) bond motifs is 1. The standard InChI is InChI=1S/C16H25NO5/c1-15(2,3)21-13(19)17(14(20)22-16(4,5)6)11-8-9-7-10(9)12(11)18/h9-11H,7-8H2,1-6H3. The number of nitrogens with zero attached hydrogens (tertiary/aromatic N) is 1. The molecule has 6 nitrogen and oxygen atoms in total. The predicted octanol–water partition coefficient (Wildman–Crippen LogP) is 3.14. The Kier molecular flexibility index (Phi) is 4.00. The van der Waals surface area contributed by atoms with Gasteiger partial charge in [-0.05, 0) is 60.3 Å². The number of ketones is 1. The van der Waals surface area contributed by atoms with Crippen LogP contribution in [0.1, 0.15) is 54.4 Å². The summed E-state index contributed by atoms with van der Waals surface area (Å²) in [6.45, 7) is 10.3. The molecule has 22 heavy (non-hydrogen) atoms. The maximum Gasteiger partial charge on any atom is 0.420 e. The van der Waals surface area contributed by atoms with Crippen LogP contribution in [0.15, 0.2) is 0 Å². The van der Waals surface area contributed by atoms with Crippen LogP contribution in [-0.2, 0) is 14.3 Å². The van der Waals surface area contributed by atoms with Gasteiger partial charge >= 0.3 is 12.2 Å². The second kappa shape index (κ2) is 5.25. The molecule has 3 unspecified atom stereocenters. The number of rotatable bonds is 1. The summed E-state index contributed by atoms with van der Waals surface area (Å²) in [5.74, 6) is 0.240. The van der Waals surface area contributed by atoms with Crippen LogP contribution in [0, 0.1) is 11.8 Å². The van der Waals surface area contributed by atoms with Crippen LogP contribution in [0.25, 0.3) is 0 Å². The molecule has 124 valence electrons. The van der Waals surface area contributed by atoms with Crippen LogP contribution < -0.4 is 0 Å². The second-order valence-corrected chi connectivity index (χ2v) is 8.09. The number of carbonyl (C=O) groups is 3. The van der Waals surface area contributed by atoms with Crippen molar-refractivity contribution in [3.05, 3.63) is 0 Å². The molecule has 6 heteroatoms. The molecule has 2 aliphatic rings. The number of carbonyl (C=O) groups excluding carboxylic acids is 3. The lowest BCUT2D eigenvalue weighted by Gasteiger charge is -2.31. The predicted molar refractivity (Wildman–Crippen MR) is 79.3 cm³/mol. The average molecular weight is 311 g/mol. The second-order valence-electron chi connectivity index (χ2n) is 8.09. The molecule has 0 aliphatic heterocycles. The Labute approximate surface area is 131 Å². The van der Waals surface area contributed by atoms with Gasteiger partial charge in [-0.1, -0.05) is 0 Å². The van der Waals surface area contributed by atoms with Crippen LogP contribution >= 0.6 is 0 Å². The fraction of sp³-hybridized carbons (Fsp3) is 0.812. The molecule has 0 heterocycles. The van der Waals surface area contributed by atoms with Crippen molar-refractivity contribution in [1.82, 2.24) is 4.90 Å². The monoisotopic (exact) mass is 311 g/mol. The van der Waals surface area contributed by atoms with E-state index in [-0.39, 0.29) is 11.7 Å². The number of hydrogen-bond donors (Lipinski definition) is 0. The van der Waals surface area contributed by atoms with Crippen molar-refractivity contribution in [3.63, 3.8) is 0 Å². The van der Waals surface area contributed by atoms with E-state index in [9.17, 15) is 14.4 Å². The number of ether oxygens (including phenoxy) is 2. The normalized spacial score (nSPS) is 27.2. The van der Waals surface area contributed by atoms with Gasteiger partial charge in [-0.25, -0.2) is 14.5 Å². The van der Waals surface area contributed by atoms with Gasteiger partial charge < -0.3 is 9.47 Å². The highest BCUT2D eigenvalue weighted by Gasteiger charge is 2.57. The highest BCUT2D eigenvalue weighted by atomic mass is 16.6. The van der Waals surface area contributed by atoms with Gasteiger partial charge in [0.2, 0.25) is 0 Å². The van der Waals surface area contributed by atoms with Crippen LogP contribution in [0.4, 0.5) is 9.59 Å². The van der Waals surface area contributed by atoms with Crippen molar-refractivity contribution in [3.8, 4) is 0 Å². The van der Waals surface area contributed by atoms with Crippen molar-refractivity contribution in [2.24, 2.45) is 11.8 Å². The molecular weight excluding hydrogens is 286 g/mol. The molecule has 2 aliphatic carbocycles. The Bertz CT molecular complexity index is 472. The Balaban J connectivity index is 2.19. The van der Waals surface area contributed by atoms with Crippen LogP contribution in [0.3, 0.4) is 0 Å². The molecule has 2 fully saturated rings. The van der Waals surface area contributed by atoms with Crippen molar-refractivity contribution in [2.45, 2.75) is 71.6 Å². The van der Waals surface area contributed by atoms with Crippen molar-refractivity contribution in [2.75, 3.05) is 0 Å². The van der Waals surface area contributed by atoms with Gasteiger partial charge in [0, 0.05) is 5.92 Å². The molecule has 0 saturated heterocycles. The van der Waals surface area contributed by atoms with E-state index in [1.807, 2.05) is 0 Å². The molecule has 0 aromatic heterocycles. The Hall–Kier alpha value is -1.59. The summed E-state index contributed by atoms with van der Waals surface area (Å²) in [4.78, 5) is 37.9. The van der Waals surface area contributed by atoms with Crippen LogP contribution in [0.2, 0.25) is 0 Å². The van der Waals surface area contributed by atoms with E-state index in [2.05, 4.69) is 0 Å². The minimum absolute atomic E-state index is 0.00243. The molecule has 0 radical (unpaired) electrons. The highest BCUT2D eigenvalue weighted by molar-refractivity contribution is 5.99. The lowest BCUT2D eigenvalue weighted by atomic mass is 10.1. The summed E-state index contributed by atoms with van der Waals surface area (Å²) >= 11 is 0. The lowest BCUT2D eigenvalue weighted by Crippen LogP contribution is -2.51. The Morgan fingerprint density at radius 2 is 1.41 bits per heavy atom. The first-order chi connectivity index (χ1) is 9.89. The number of Topliss-reactive ketones (excluding diaryl/α,β-unsaturated/α-hetero) is 1. The Morgan fingerprint density at radius 1 is 0.955 bits per heavy atom. The first-order valence-corrected chi connectivity index (χ1v) is 7.68. The molecule has 2 amide bonds. The van der Waals surface area contributed by atoms with Gasteiger partial charge in [0.15, 0.2) is 5.78 Å². The molecule has 0 aromatic rings. The quantitative estimate of drug-likeness (QED) is 0.744. The minimum Gasteiger partial charge on any atom is -0.443 e. The summed E-state index contributed by atoms with van der Waals surface area (Å²) in [6.07, 6.45) is -0.254. The van der Waals surface area contributed by atoms with Crippen LogP contribution in [0.5, 0.6) is 0 Å². The van der Waals surface area contributed by atoms with Crippen molar-refractivity contribution >= 4 is 18.0 Å². The third-order valence-corrected chi connectivity index (χ3v) is 3.63. The third kappa shape index (κ3) is 3.78. The zero-order chi connectivity index (χ0) is 16.9. The molecular formula is C16H25NO5. The zero-order valence-electron chi connectivity index (χ0n) is 14.1. The van der Waals surface area contributed by atoms with Gasteiger partial charge in [0.25, 0.3) is 0 Å². The van der Waals surface area contributed by atoms with Crippen LogP contribution in [-0.4, -0.2) is 40.1 Å². The highest BCUT2D eigenvalue weighted by Crippen LogP contribution is 2.51. The molecule has 3 atom stereocenters. The van der Waals surface area contributed by atoms with Gasteiger partial charge in [-0.15, -0.1) is 0 Å². The summed E-state index contributed by atoms with van der Waals surface area (Å²) < 4.78 is 10.6. The largest absolute Gasteiger partial charge is 0.443 e. The molecule has 0 spiro atoms. The van der Waals surface area contributed by atoms with Gasteiger partial charge in [0.05, 0.1) is 0 Å². The summed E-state index contributed by atoms with van der Waals surface area (Å²) in [7, 11) is 0. The number of hydrogen-bond acceptors (Lipinski definition) is 5. The first kappa shape index (κ1) is 16.8. The third-order valence-electron chi connectivity index (χ3n) is 3.63. The maximum absolute atomic E-state index is 12.4. The van der Waals surface area contributed by atoms with E-state index in [1.54, 1.807) is 41.5 Å². The van der Waals surface area contributed by atoms with E-state index in [0.29, 0.717) is 12.3 Å². The smallest absolute Gasteiger partial charge is 0.420 e. The fourth-order valence-corrected chi connectivity index (χ4v) is 2.69. The minimum atomic E-state index is -0.818.